The van der Waals surface area contributed by atoms with E-state index in [0.29, 0.717) is 6.42 Å². The van der Waals surface area contributed by atoms with Crippen molar-refractivity contribution in [2.75, 3.05) is 13.7 Å². The van der Waals surface area contributed by atoms with Crippen molar-refractivity contribution in [3.05, 3.63) is 54.1 Å². The van der Waals surface area contributed by atoms with Gasteiger partial charge in [0.15, 0.2) is 0 Å². The van der Waals surface area contributed by atoms with Crippen molar-refractivity contribution in [1.82, 2.24) is 0 Å². The summed E-state index contributed by atoms with van der Waals surface area (Å²) in [7, 11) is 1.63. The molecule has 2 rings (SSSR count). The van der Waals surface area contributed by atoms with E-state index in [1.165, 1.54) is 0 Å². The zero-order valence-corrected chi connectivity index (χ0v) is 12.7. The van der Waals surface area contributed by atoms with Crippen LogP contribution in [0.25, 0.3) is 0 Å². The lowest BCUT2D eigenvalue weighted by atomic mass is 10.1. The SMILES string of the molecule is COc1ccc(Oc2cccc(CC(N)CO)c2)cc1.Cl. The molecule has 4 nitrogen and oxygen atoms in total. The highest BCUT2D eigenvalue weighted by molar-refractivity contribution is 5.85. The summed E-state index contributed by atoms with van der Waals surface area (Å²) in [5.41, 5.74) is 6.77. The standard InChI is InChI=1S/C16H19NO3.ClH/c1-19-14-5-7-15(8-6-14)20-16-4-2-3-12(10-16)9-13(17)11-18;/h2-8,10,13,18H,9,11,17H2,1H3;1H. The maximum atomic E-state index is 8.98. The first-order valence-corrected chi connectivity index (χ1v) is 6.48. The highest BCUT2D eigenvalue weighted by atomic mass is 35.5. The van der Waals surface area contributed by atoms with Crippen molar-refractivity contribution in [3.8, 4) is 17.2 Å². The Hall–Kier alpha value is -1.75. The molecule has 3 N–H and O–H groups in total. The topological polar surface area (TPSA) is 64.7 Å². The molecule has 2 aromatic rings. The van der Waals surface area contributed by atoms with Gasteiger partial charge in [-0.15, -0.1) is 12.4 Å². The van der Waals surface area contributed by atoms with Crippen LogP contribution in [-0.2, 0) is 6.42 Å². The zero-order chi connectivity index (χ0) is 14.4. The van der Waals surface area contributed by atoms with Crippen LogP contribution in [0.5, 0.6) is 17.2 Å². The van der Waals surface area contributed by atoms with Gasteiger partial charge in [-0.2, -0.15) is 0 Å². The van der Waals surface area contributed by atoms with Gasteiger partial charge in [-0.05, 0) is 48.4 Å². The molecular formula is C16H20ClNO3. The van der Waals surface area contributed by atoms with E-state index >= 15 is 0 Å². The number of methoxy groups -OCH3 is 1. The van der Waals surface area contributed by atoms with E-state index in [1.807, 2.05) is 48.5 Å². The largest absolute Gasteiger partial charge is 0.497 e. The second kappa shape index (κ2) is 8.52. The van der Waals surface area contributed by atoms with Crippen LogP contribution < -0.4 is 15.2 Å². The van der Waals surface area contributed by atoms with Gasteiger partial charge in [0.1, 0.15) is 17.2 Å². The summed E-state index contributed by atoms with van der Waals surface area (Å²) in [4.78, 5) is 0. The molecule has 0 aliphatic carbocycles. The van der Waals surface area contributed by atoms with E-state index < -0.39 is 0 Å². The molecule has 0 aliphatic rings. The lowest BCUT2D eigenvalue weighted by Gasteiger charge is -2.10. The fourth-order valence-corrected chi connectivity index (χ4v) is 1.88. The highest BCUT2D eigenvalue weighted by Crippen LogP contribution is 2.24. The summed E-state index contributed by atoms with van der Waals surface area (Å²) in [5.74, 6) is 2.28. The van der Waals surface area contributed by atoms with Crippen LogP contribution in [0.3, 0.4) is 0 Å². The normalized spacial score (nSPS) is 11.4. The van der Waals surface area contributed by atoms with Gasteiger partial charge in [-0.25, -0.2) is 0 Å². The summed E-state index contributed by atoms with van der Waals surface area (Å²) in [6, 6.07) is 14.9. The van der Waals surface area contributed by atoms with Gasteiger partial charge in [-0.3, -0.25) is 0 Å². The number of hydrogen-bond acceptors (Lipinski definition) is 4. The maximum absolute atomic E-state index is 8.98. The Bertz CT molecular complexity index is 545. The molecule has 0 heterocycles. The summed E-state index contributed by atoms with van der Waals surface area (Å²) >= 11 is 0. The highest BCUT2D eigenvalue weighted by Gasteiger charge is 2.04. The van der Waals surface area contributed by atoms with Crippen LogP contribution in [0.2, 0.25) is 0 Å². The summed E-state index contributed by atoms with van der Waals surface area (Å²) in [5, 5.41) is 8.98. The van der Waals surface area contributed by atoms with Crippen molar-refractivity contribution < 1.29 is 14.6 Å². The van der Waals surface area contributed by atoms with Crippen LogP contribution >= 0.6 is 12.4 Å². The van der Waals surface area contributed by atoms with Crippen molar-refractivity contribution >= 4 is 12.4 Å². The first-order valence-electron chi connectivity index (χ1n) is 6.48. The molecule has 114 valence electrons. The van der Waals surface area contributed by atoms with Gasteiger partial charge in [-0.1, -0.05) is 12.1 Å². The second-order valence-corrected chi connectivity index (χ2v) is 4.57. The predicted octanol–water partition coefficient (Wildman–Crippen LogP) is 2.77. The molecular weight excluding hydrogens is 290 g/mol. The van der Waals surface area contributed by atoms with E-state index in [9.17, 15) is 0 Å². The zero-order valence-electron chi connectivity index (χ0n) is 11.9. The van der Waals surface area contributed by atoms with Gasteiger partial charge >= 0.3 is 0 Å². The number of nitrogens with two attached hydrogens (primary N) is 1. The molecule has 21 heavy (non-hydrogen) atoms. The number of hydrogen-bond donors (Lipinski definition) is 2. The molecule has 1 atom stereocenters. The Morgan fingerprint density at radius 2 is 1.71 bits per heavy atom. The number of halogens is 1. The molecule has 2 aromatic carbocycles. The van der Waals surface area contributed by atoms with E-state index in [4.69, 9.17) is 20.3 Å². The third kappa shape index (κ3) is 5.27. The number of aliphatic hydroxyl groups is 1. The van der Waals surface area contributed by atoms with Crippen LogP contribution in [0, 0.1) is 0 Å². The minimum atomic E-state index is -0.244. The smallest absolute Gasteiger partial charge is 0.127 e. The van der Waals surface area contributed by atoms with Crippen LogP contribution in [0.1, 0.15) is 5.56 Å². The van der Waals surface area contributed by atoms with Crippen LogP contribution in [-0.4, -0.2) is 24.9 Å². The molecule has 0 saturated carbocycles. The lowest BCUT2D eigenvalue weighted by molar-refractivity contribution is 0.265. The van der Waals surface area contributed by atoms with E-state index in [0.717, 1.165) is 22.8 Å². The van der Waals surface area contributed by atoms with E-state index in [-0.39, 0.29) is 25.1 Å². The molecule has 0 aliphatic heterocycles. The first-order chi connectivity index (χ1) is 9.71. The molecule has 0 saturated heterocycles. The number of rotatable bonds is 6. The van der Waals surface area contributed by atoms with Gasteiger partial charge in [0, 0.05) is 6.04 Å². The Kier molecular flexibility index (Phi) is 7.02. The Morgan fingerprint density at radius 1 is 1.05 bits per heavy atom. The third-order valence-electron chi connectivity index (χ3n) is 2.93. The minimum absolute atomic E-state index is 0. The van der Waals surface area contributed by atoms with E-state index in [1.54, 1.807) is 7.11 Å². The van der Waals surface area contributed by atoms with Gasteiger partial charge < -0.3 is 20.3 Å². The first kappa shape index (κ1) is 17.3. The lowest BCUT2D eigenvalue weighted by Crippen LogP contribution is -2.26. The molecule has 1 unspecified atom stereocenters. The van der Waals surface area contributed by atoms with Crippen molar-refractivity contribution in [1.29, 1.82) is 0 Å². The molecule has 0 aromatic heterocycles. The molecule has 5 heteroatoms. The van der Waals surface area contributed by atoms with Gasteiger partial charge in [0.25, 0.3) is 0 Å². The average molecular weight is 310 g/mol. The number of benzene rings is 2. The molecule has 0 radical (unpaired) electrons. The molecule has 0 fully saturated rings. The second-order valence-electron chi connectivity index (χ2n) is 4.57. The van der Waals surface area contributed by atoms with Crippen LogP contribution in [0.4, 0.5) is 0 Å². The van der Waals surface area contributed by atoms with E-state index in [2.05, 4.69) is 0 Å². The number of aliphatic hydroxyl groups excluding tert-OH is 1. The van der Waals surface area contributed by atoms with Crippen molar-refractivity contribution in [3.63, 3.8) is 0 Å². The Morgan fingerprint density at radius 3 is 2.33 bits per heavy atom. The molecule has 0 amide bonds. The average Bonchev–Trinajstić information content (AvgIpc) is 2.48. The Labute approximate surface area is 130 Å². The fraction of sp³-hybridized carbons (Fsp3) is 0.250. The molecule has 0 bridgehead atoms. The number of ether oxygens (including phenoxy) is 2. The molecule has 0 spiro atoms. The fourth-order valence-electron chi connectivity index (χ4n) is 1.88. The minimum Gasteiger partial charge on any atom is -0.497 e. The maximum Gasteiger partial charge on any atom is 0.127 e. The predicted molar refractivity (Wildman–Crippen MR) is 85.5 cm³/mol. The summed E-state index contributed by atoms with van der Waals surface area (Å²) < 4.78 is 10.9. The Balaban J connectivity index is 0.00000220. The quantitative estimate of drug-likeness (QED) is 0.861. The summed E-state index contributed by atoms with van der Waals surface area (Å²) in [6.45, 7) is -0.0242. The van der Waals surface area contributed by atoms with Crippen LogP contribution in [0.15, 0.2) is 48.5 Å². The van der Waals surface area contributed by atoms with Crippen molar-refractivity contribution in [2.24, 2.45) is 5.73 Å². The third-order valence-corrected chi connectivity index (χ3v) is 2.93. The van der Waals surface area contributed by atoms with Gasteiger partial charge in [0.2, 0.25) is 0 Å². The van der Waals surface area contributed by atoms with Crippen molar-refractivity contribution in [2.45, 2.75) is 12.5 Å². The monoisotopic (exact) mass is 309 g/mol. The van der Waals surface area contributed by atoms with Gasteiger partial charge in [0.05, 0.1) is 13.7 Å². The summed E-state index contributed by atoms with van der Waals surface area (Å²) in [6.07, 6.45) is 0.621.